The number of anilines is 2. The number of halogens is 1. The van der Waals surface area contributed by atoms with Gasteiger partial charge in [-0.2, -0.15) is 5.26 Å². The topological polar surface area (TPSA) is 72.8 Å². The highest BCUT2D eigenvalue weighted by Crippen LogP contribution is 2.29. The van der Waals surface area contributed by atoms with Crippen LogP contribution in [0, 0.1) is 17.1 Å². The summed E-state index contributed by atoms with van der Waals surface area (Å²) in [6.07, 6.45) is 2.53. The minimum atomic E-state index is -0.225. The van der Waals surface area contributed by atoms with Gasteiger partial charge in [0.25, 0.3) is 0 Å². The van der Waals surface area contributed by atoms with Crippen LogP contribution < -0.4 is 16.0 Å². The molecule has 2 aromatic carbocycles. The summed E-state index contributed by atoms with van der Waals surface area (Å²) in [5, 5.41) is 19.3. The highest BCUT2D eigenvalue weighted by atomic mass is 19.1. The van der Waals surface area contributed by atoms with Crippen molar-refractivity contribution in [2.45, 2.75) is 18.5 Å². The molecule has 0 fully saturated rings. The summed E-state index contributed by atoms with van der Waals surface area (Å²) in [6.45, 7) is 1.33. The van der Waals surface area contributed by atoms with Gasteiger partial charge in [-0.15, -0.1) is 0 Å². The third-order valence-electron chi connectivity index (χ3n) is 5.15. The second kappa shape index (κ2) is 8.72. The molecule has 0 aliphatic carbocycles. The Morgan fingerprint density at radius 3 is 2.76 bits per heavy atom. The van der Waals surface area contributed by atoms with Crippen LogP contribution in [0.3, 0.4) is 0 Å². The summed E-state index contributed by atoms with van der Waals surface area (Å²) in [4.78, 5) is 4.39. The van der Waals surface area contributed by atoms with Crippen molar-refractivity contribution in [3.8, 4) is 6.07 Å². The number of hydrogen-bond donors (Lipinski definition) is 3. The van der Waals surface area contributed by atoms with Crippen LogP contribution >= 0.6 is 0 Å². The molecule has 1 aromatic heterocycles. The first-order chi connectivity index (χ1) is 14.2. The van der Waals surface area contributed by atoms with Gasteiger partial charge in [-0.3, -0.25) is 0 Å². The summed E-state index contributed by atoms with van der Waals surface area (Å²) in [6, 6.07) is 20.1. The van der Waals surface area contributed by atoms with Crippen LogP contribution in [0.15, 0.2) is 66.9 Å². The highest BCUT2D eigenvalue weighted by molar-refractivity contribution is 5.67. The molecule has 4 rings (SSSR count). The molecule has 0 spiro atoms. The van der Waals surface area contributed by atoms with Crippen LogP contribution in [-0.4, -0.2) is 24.1 Å². The summed E-state index contributed by atoms with van der Waals surface area (Å²) < 4.78 is 14.6. The second-order valence-electron chi connectivity index (χ2n) is 7.04. The molecule has 6 heteroatoms. The maximum Gasteiger partial charge on any atom is 0.149 e. The molecular formula is C23H22FN5. The third kappa shape index (κ3) is 4.36. The van der Waals surface area contributed by atoms with Crippen molar-refractivity contribution in [3.05, 3.63) is 89.4 Å². The lowest BCUT2D eigenvalue weighted by Gasteiger charge is -2.34. The van der Waals surface area contributed by atoms with Crippen LogP contribution in [0.5, 0.6) is 0 Å². The van der Waals surface area contributed by atoms with E-state index in [0.29, 0.717) is 24.2 Å². The molecule has 2 heterocycles. The smallest absolute Gasteiger partial charge is 0.149 e. The molecule has 0 bridgehead atoms. The van der Waals surface area contributed by atoms with Gasteiger partial charge in [0.15, 0.2) is 0 Å². The molecule has 0 saturated carbocycles. The molecule has 3 N–H and O–H groups in total. The van der Waals surface area contributed by atoms with E-state index in [1.807, 2.05) is 48.5 Å². The van der Waals surface area contributed by atoms with Crippen molar-refractivity contribution >= 4 is 11.5 Å². The van der Waals surface area contributed by atoms with Crippen molar-refractivity contribution in [3.63, 3.8) is 0 Å². The van der Waals surface area contributed by atoms with Gasteiger partial charge in [-0.25, -0.2) is 9.37 Å². The summed E-state index contributed by atoms with van der Waals surface area (Å²) in [5.74, 6) is 0.552. The predicted octanol–water partition coefficient (Wildman–Crippen LogP) is 3.87. The molecule has 0 unspecified atom stereocenters. The number of nitrogens with one attached hydrogen (secondary N) is 3. The molecule has 0 saturated heterocycles. The molecule has 1 aliphatic rings. The van der Waals surface area contributed by atoms with Gasteiger partial charge in [0, 0.05) is 18.3 Å². The van der Waals surface area contributed by atoms with Crippen molar-refractivity contribution in [2.24, 2.45) is 0 Å². The van der Waals surface area contributed by atoms with E-state index in [4.69, 9.17) is 5.26 Å². The van der Waals surface area contributed by atoms with Crippen molar-refractivity contribution < 1.29 is 4.39 Å². The molecule has 5 nitrogen and oxygen atoms in total. The minimum Gasteiger partial charge on any atom is -0.380 e. The fourth-order valence-electron chi connectivity index (χ4n) is 3.62. The highest BCUT2D eigenvalue weighted by Gasteiger charge is 2.28. The van der Waals surface area contributed by atoms with E-state index < -0.39 is 0 Å². The predicted molar refractivity (Wildman–Crippen MR) is 112 cm³/mol. The van der Waals surface area contributed by atoms with E-state index in [2.05, 4.69) is 27.0 Å². The second-order valence-corrected chi connectivity index (χ2v) is 7.04. The zero-order valence-electron chi connectivity index (χ0n) is 15.9. The van der Waals surface area contributed by atoms with Crippen LogP contribution in [0.4, 0.5) is 15.9 Å². The standard InChI is InChI=1S/C23H22FN5/c24-19-5-2-1-4-18(19)22(21-15-28-20-6-3-12-27-23(20)29-21)26-13-11-16-7-9-17(14-25)10-8-16/h1-10,12,21-22,26,28H,11,13,15H2,(H,27,29)/t21-,22-/m1/s1. The zero-order chi connectivity index (χ0) is 20.1. The fourth-order valence-corrected chi connectivity index (χ4v) is 3.62. The van der Waals surface area contributed by atoms with Crippen molar-refractivity contribution in [1.82, 2.24) is 10.3 Å². The molecule has 0 radical (unpaired) electrons. The maximum atomic E-state index is 14.6. The van der Waals surface area contributed by atoms with Crippen LogP contribution in [0.1, 0.15) is 22.7 Å². The molecule has 146 valence electrons. The Morgan fingerprint density at radius 2 is 1.97 bits per heavy atom. The number of nitrogens with zero attached hydrogens (tertiary/aromatic N) is 2. The number of rotatable bonds is 6. The van der Waals surface area contributed by atoms with Crippen LogP contribution in [0.2, 0.25) is 0 Å². The Kier molecular flexibility index (Phi) is 5.68. The van der Waals surface area contributed by atoms with E-state index in [1.165, 1.54) is 6.07 Å². The minimum absolute atomic E-state index is 0.0599. The SMILES string of the molecule is N#Cc1ccc(CCN[C@H](c2ccccc2F)[C@H]2CNc3cccnc3N2)cc1. The number of aromatic nitrogens is 1. The fraction of sp³-hybridized carbons (Fsp3) is 0.217. The number of nitriles is 1. The lowest BCUT2D eigenvalue weighted by atomic mass is 9.96. The van der Waals surface area contributed by atoms with Crippen molar-refractivity contribution in [1.29, 1.82) is 5.26 Å². The van der Waals surface area contributed by atoms with Crippen LogP contribution in [0.25, 0.3) is 0 Å². The molecule has 2 atom stereocenters. The lowest BCUT2D eigenvalue weighted by molar-refractivity contribution is 0.451. The van der Waals surface area contributed by atoms with E-state index >= 15 is 0 Å². The zero-order valence-corrected chi connectivity index (χ0v) is 15.9. The van der Waals surface area contributed by atoms with Gasteiger partial charge >= 0.3 is 0 Å². The third-order valence-corrected chi connectivity index (χ3v) is 5.15. The summed E-state index contributed by atoms with van der Waals surface area (Å²) >= 11 is 0. The van der Waals surface area contributed by atoms with E-state index in [1.54, 1.807) is 12.3 Å². The van der Waals surface area contributed by atoms with Gasteiger partial charge in [0.2, 0.25) is 0 Å². The normalized spacial score (nSPS) is 16.1. The summed E-state index contributed by atoms with van der Waals surface area (Å²) in [5.41, 5.74) is 3.36. The largest absolute Gasteiger partial charge is 0.380 e. The van der Waals surface area contributed by atoms with Crippen molar-refractivity contribution in [2.75, 3.05) is 23.7 Å². The Balaban J connectivity index is 1.50. The number of fused-ring (bicyclic) bond motifs is 1. The van der Waals surface area contributed by atoms with Gasteiger partial charge in [-0.05, 0) is 48.9 Å². The van der Waals surface area contributed by atoms with E-state index in [0.717, 1.165) is 23.5 Å². The Hall–Kier alpha value is -3.43. The van der Waals surface area contributed by atoms with Gasteiger partial charge in [0.1, 0.15) is 11.6 Å². The van der Waals surface area contributed by atoms with Gasteiger partial charge < -0.3 is 16.0 Å². The monoisotopic (exact) mass is 387 g/mol. The van der Waals surface area contributed by atoms with Crippen LogP contribution in [-0.2, 0) is 6.42 Å². The van der Waals surface area contributed by atoms with Gasteiger partial charge in [0.05, 0.1) is 29.4 Å². The molecular weight excluding hydrogens is 365 g/mol. The average molecular weight is 387 g/mol. The Bertz CT molecular complexity index is 1010. The molecule has 3 aromatic rings. The average Bonchev–Trinajstić information content (AvgIpc) is 2.77. The number of pyridine rings is 1. The quantitative estimate of drug-likeness (QED) is 0.599. The van der Waals surface area contributed by atoms with E-state index in [9.17, 15) is 4.39 Å². The summed E-state index contributed by atoms with van der Waals surface area (Å²) in [7, 11) is 0. The Labute approximate surface area is 169 Å². The molecule has 29 heavy (non-hydrogen) atoms. The molecule has 0 amide bonds. The van der Waals surface area contributed by atoms with Gasteiger partial charge in [-0.1, -0.05) is 30.3 Å². The first-order valence-corrected chi connectivity index (χ1v) is 9.67. The molecule has 1 aliphatic heterocycles. The maximum absolute atomic E-state index is 14.6. The lowest BCUT2D eigenvalue weighted by Crippen LogP contribution is -2.45. The van der Waals surface area contributed by atoms with E-state index in [-0.39, 0.29) is 17.9 Å². The first kappa shape index (κ1) is 18.9. The first-order valence-electron chi connectivity index (χ1n) is 9.67. The number of hydrogen-bond acceptors (Lipinski definition) is 5. The Morgan fingerprint density at radius 1 is 1.14 bits per heavy atom. The number of benzene rings is 2.